The molecule has 59 heavy (non-hydrogen) atoms. The third-order valence-corrected chi connectivity index (χ3v) is 11.0. The van der Waals surface area contributed by atoms with Gasteiger partial charge < -0.3 is 30.3 Å². The van der Waals surface area contributed by atoms with Crippen molar-refractivity contribution in [2.45, 2.75) is 39.8 Å². The summed E-state index contributed by atoms with van der Waals surface area (Å²) in [5.74, 6) is 1.25. The van der Waals surface area contributed by atoms with Gasteiger partial charge in [-0.15, -0.1) is 0 Å². The molecule has 0 fully saturated rings. The Bertz CT molecular complexity index is 2700. The number of amides is 2. The number of benzene rings is 4. The molecule has 2 aliphatic rings. The van der Waals surface area contributed by atoms with Crippen molar-refractivity contribution in [3.63, 3.8) is 0 Å². The van der Waals surface area contributed by atoms with Crippen LogP contribution in [0, 0.1) is 13.1 Å². The third kappa shape index (κ3) is 9.54. The molecule has 0 atom stereocenters. The minimum atomic E-state index is 0. The lowest BCUT2D eigenvalue weighted by molar-refractivity contribution is -0.130. The van der Waals surface area contributed by atoms with Gasteiger partial charge in [0.25, 0.3) is 0 Å². The Morgan fingerprint density at radius 2 is 1.24 bits per heavy atom. The van der Waals surface area contributed by atoms with E-state index in [0.29, 0.717) is 76.2 Å². The van der Waals surface area contributed by atoms with E-state index in [4.69, 9.17) is 68.1 Å². The summed E-state index contributed by atoms with van der Waals surface area (Å²) in [6.45, 7) is 19.9. The first-order chi connectivity index (χ1) is 28.3. The van der Waals surface area contributed by atoms with Crippen LogP contribution in [0.5, 0.6) is 11.5 Å². The van der Waals surface area contributed by atoms with Gasteiger partial charge in [-0.2, -0.15) is 0 Å². The molecule has 0 saturated heterocycles. The molecule has 6 aromatic rings. The molecule has 2 aliphatic heterocycles. The summed E-state index contributed by atoms with van der Waals surface area (Å²) in [4.78, 5) is 43.5. The zero-order valence-corrected chi connectivity index (χ0v) is 35.0. The first-order valence-electron chi connectivity index (χ1n) is 18.4. The Morgan fingerprint density at radius 1 is 0.729 bits per heavy atom. The lowest BCUT2D eigenvalue weighted by Crippen LogP contribution is -2.35. The fraction of sp³-hybridized carbons (Fsp3) is 0.227. The van der Waals surface area contributed by atoms with Gasteiger partial charge in [0.05, 0.1) is 59.2 Å². The number of hydrogen-bond donors (Lipinski definition) is 2. The van der Waals surface area contributed by atoms with Crippen LogP contribution in [0.4, 0.5) is 28.4 Å². The highest BCUT2D eigenvalue weighted by molar-refractivity contribution is 6.36. The van der Waals surface area contributed by atoms with Crippen LogP contribution in [-0.2, 0) is 35.5 Å². The molecule has 8 rings (SSSR count). The number of methoxy groups -OCH3 is 2. The normalized spacial score (nSPS) is 12.7. The Labute approximate surface area is 358 Å². The number of ether oxygens (including phenoxy) is 2. The average molecular weight is 854 g/mol. The fourth-order valence-electron chi connectivity index (χ4n) is 6.78. The first kappa shape index (κ1) is 42.3. The molecule has 2 aromatic heterocycles. The number of carbonyl (C=O) groups excluding carboxylic acids is 2. The van der Waals surface area contributed by atoms with Gasteiger partial charge in [0.2, 0.25) is 11.8 Å². The van der Waals surface area contributed by atoms with Crippen LogP contribution < -0.4 is 20.5 Å². The fourth-order valence-corrected chi connectivity index (χ4v) is 7.49. The van der Waals surface area contributed by atoms with Crippen LogP contribution in [0.2, 0.25) is 15.1 Å². The van der Waals surface area contributed by atoms with Gasteiger partial charge in [-0.05, 0) is 48.5 Å². The van der Waals surface area contributed by atoms with Crippen LogP contribution in [0.15, 0.2) is 72.8 Å². The van der Waals surface area contributed by atoms with Crippen LogP contribution in [0.25, 0.3) is 31.5 Å². The van der Waals surface area contributed by atoms with Gasteiger partial charge in [0, 0.05) is 111 Å². The molecule has 12 nitrogen and oxygen atoms in total. The van der Waals surface area contributed by atoms with Crippen molar-refractivity contribution >= 4 is 96.9 Å². The quantitative estimate of drug-likeness (QED) is 0.132. The summed E-state index contributed by atoms with van der Waals surface area (Å²) in [5, 5.41) is 6.81. The van der Waals surface area contributed by atoms with E-state index in [1.165, 1.54) is 0 Å². The second-order valence-electron chi connectivity index (χ2n) is 13.6. The number of nitrogens with two attached hydrogens (primary N) is 1. The van der Waals surface area contributed by atoms with Crippen LogP contribution >= 0.6 is 34.8 Å². The number of fused-ring (bicyclic) bond motifs is 4. The number of nitrogen functional groups attached to an aromatic ring is 1. The minimum absolute atomic E-state index is 0. The van der Waals surface area contributed by atoms with E-state index in [1.54, 1.807) is 75.4 Å². The van der Waals surface area contributed by atoms with Gasteiger partial charge in [0.15, 0.2) is 11.4 Å². The van der Waals surface area contributed by atoms with Crippen molar-refractivity contribution in [2.75, 3.05) is 38.4 Å². The predicted octanol–water partition coefficient (Wildman–Crippen LogP) is 10.6. The topological polar surface area (TPSA) is 132 Å². The van der Waals surface area contributed by atoms with E-state index in [2.05, 4.69) is 20.0 Å². The van der Waals surface area contributed by atoms with Crippen molar-refractivity contribution in [2.24, 2.45) is 0 Å². The highest BCUT2D eigenvalue weighted by atomic mass is 35.5. The lowest BCUT2D eigenvalue weighted by Gasteiger charge is -2.30. The maximum atomic E-state index is 12.0. The number of anilines is 3. The SMILES string of the molecule is COc1cc(N)ccc1Cl.[3HH].[C-]#[N+]c1ccc2nc3c(c(Cl)c2c1)CN(C(C)=O)CC3.[C-]#[N+]c1ccc2nc3c(c(Nc4ccc(Cl)c(OC)c4)c2c1)CN(C(C)=O)CC3. The molecule has 2 amide bonds. The molecule has 302 valence electrons. The minimum Gasteiger partial charge on any atom is -0.495 e. The Balaban J connectivity index is 0.000000190. The smallest absolute Gasteiger partial charge is 0.219 e. The molecule has 0 radical (unpaired) electrons. The highest BCUT2D eigenvalue weighted by Gasteiger charge is 2.25. The number of nitrogens with zero attached hydrogens (tertiary/aromatic N) is 6. The monoisotopic (exact) mass is 852 g/mol. The van der Waals surface area contributed by atoms with E-state index in [1.807, 2.05) is 35.2 Å². The number of halogens is 3. The number of pyridine rings is 2. The van der Waals surface area contributed by atoms with E-state index in [9.17, 15) is 9.59 Å². The van der Waals surface area contributed by atoms with Crippen LogP contribution in [0.3, 0.4) is 0 Å². The van der Waals surface area contributed by atoms with Gasteiger partial charge in [0.1, 0.15) is 11.5 Å². The number of nitrogens with one attached hydrogen (secondary N) is 1. The largest absolute Gasteiger partial charge is 0.495 e. The van der Waals surface area contributed by atoms with E-state index in [0.717, 1.165) is 62.1 Å². The number of carbonyl (C=O) groups is 2. The van der Waals surface area contributed by atoms with Gasteiger partial charge >= 0.3 is 0 Å². The standard InChI is InChI=1S/C22H19ClN4O2.C15H12ClN3O.C7H8ClNO.H2/c1-13(28)27-9-8-20-17(12-27)22(16-10-14(24-2)5-7-19(16)26-20)25-15-4-6-18(23)21(11-15)29-3;1-9(20)19-6-5-14-12(8-19)15(16)11-7-10(17-2)3-4-13(11)18-14;1-10-7-4-5(9)2-3-6(7)8;/h4-7,10-11H,8-9,12H2,1,3H3,(H,25,26);3-4,7H,5-6,8H2,1H3;2-4H,9H2,1H3;1H/i;;;1+2. The molecule has 0 spiro atoms. The zero-order chi connectivity index (χ0) is 42.4. The second kappa shape index (κ2) is 18.5. The molecular weight excluding hydrogens is 811 g/mol. The van der Waals surface area contributed by atoms with Gasteiger partial charge in [-0.25, -0.2) is 9.69 Å². The first-order valence-corrected chi connectivity index (χ1v) is 19.5. The molecule has 0 aliphatic carbocycles. The van der Waals surface area contributed by atoms with Crippen molar-refractivity contribution in [3.05, 3.63) is 133 Å². The van der Waals surface area contributed by atoms with Crippen molar-refractivity contribution in [1.82, 2.24) is 19.8 Å². The van der Waals surface area contributed by atoms with Crippen molar-refractivity contribution in [3.8, 4) is 11.5 Å². The summed E-state index contributed by atoms with van der Waals surface area (Å²) in [7, 11) is 3.13. The highest BCUT2D eigenvalue weighted by Crippen LogP contribution is 2.38. The molecule has 0 unspecified atom stereocenters. The molecule has 3 N–H and O–H groups in total. The molecule has 4 heterocycles. The second-order valence-corrected chi connectivity index (χ2v) is 14.8. The molecule has 0 saturated carbocycles. The van der Waals surface area contributed by atoms with E-state index < -0.39 is 0 Å². The number of aromatic nitrogens is 2. The van der Waals surface area contributed by atoms with Gasteiger partial charge in [-0.3, -0.25) is 19.6 Å². The average Bonchev–Trinajstić information content (AvgIpc) is 3.25. The summed E-state index contributed by atoms with van der Waals surface area (Å²) in [6, 6.07) is 21.4. The molecular formula is C44H41Cl3N8O4. The lowest BCUT2D eigenvalue weighted by atomic mass is 9.99. The number of rotatable bonds is 4. The summed E-state index contributed by atoms with van der Waals surface area (Å²) >= 11 is 18.4. The zero-order valence-electron chi connectivity index (χ0n) is 32.7. The molecule has 0 bridgehead atoms. The maximum Gasteiger partial charge on any atom is 0.219 e. The maximum absolute atomic E-state index is 12.0. The summed E-state index contributed by atoms with van der Waals surface area (Å²) in [5.41, 5.74) is 14.3. The van der Waals surface area contributed by atoms with Crippen molar-refractivity contribution < 1.29 is 20.5 Å². The van der Waals surface area contributed by atoms with Crippen molar-refractivity contribution in [1.29, 1.82) is 0 Å². The Hall–Kier alpha value is -6.31. The Morgan fingerprint density at radius 3 is 1.78 bits per heavy atom. The van der Waals surface area contributed by atoms with Crippen LogP contribution in [0.1, 0.15) is 37.8 Å². The molecule has 4 aromatic carbocycles. The number of hydrogen-bond acceptors (Lipinski definition) is 8. The predicted molar refractivity (Wildman–Crippen MR) is 236 cm³/mol. The third-order valence-electron chi connectivity index (χ3n) is 9.92. The summed E-state index contributed by atoms with van der Waals surface area (Å²) in [6.07, 6.45) is 1.41. The van der Waals surface area contributed by atoms with E-state index >= 15 is 0 Å². The summed E-state index contributed by atoms with van der Waals surface area (Å²) < 4.78 is 10.2. The van der Waals surface area contributed by atoms with Gasteiger partial charge in [-0.1, -0.05) is 46.9 Å². The van der Waals surface area contributed by atoms with E-state index in [-0.39, 0.29) is 13.2 Å². The van der Waals surface area contributed by atoms with Crippen LogP contribution in [-0.4, -0.2) is 58.9 Å². The molecule has 15 heteroatoms. The Kier molecular flexibility index (Phi) is 13.3.